The lowest BCUT2D eigenvalue weighted by molar-refractivity contribution is -0.116. The van der Waals surface area contributed by atoms with E-state index >= 15 is 0 Å². The Kier molecular flexibility index (Phi) is 4.97. The number of hydrogen-bond acceptors (Lipinski definition) is 6. The number of nitrogens with zero attached hydrogens (tertiary/aromatic N) is 4. The average Bonchev–Trinajstić information content (AvgIpc) is 3.23. The van der Waals surface area contributed by atoms with Crippen LogP contribution in [0.5, 0.6) is 0 Å². The number of sulfone groups is 1. The third-order valence-corrected chi connectivity index (χ3v) is 7.14. The molecule has 1 saturated heterocycles. The van der Waals surface area contributed by atoms with Gasteiger partial charge in [-0.25, -0.2) is 18.1 Å². The van der Waals surface area contributed by atoms with Crippen molar-refractivity contribution < 1.29 is 13.2 Å². The molecule has 1 amide bonds. The van der Waals surface area contributed by atoms with Crippen LogP contribution in [0, 0.1) is 20.8 Å². The third-order valence-electron chi connectivity index (χ3n) is 5.39. The van der Waals surface area contributed by atoms with Crippen LogP contribution in [-0.2, 0) is 21.2 Å². The number of aromatic nitrogens is 4. The minimum Gasteiger partial charge on any atom is -0.324 e. The lowest BCUT2D eigenvalue weighted by Gasteiger charge is -2.13. The number of benzene rings is 1. The van der Waals surface area contributed by atoms with Crippen LogP contribution in [0.1, 0.15) is 29.2 Å². The molecule has 1 N–H and O–H groups in total. The van der Waals surface area contributed by atoms with Crippen LogP contribution >= 0.6 is 0 Å². The number of fused-ring (bicyclic) bond motifs is 1. The van der Waals surface area contributed by atoms with E-state index in [-0.39, 0.29) is 40.9 Å². The second-order valence-electron chi connectivity index (χ2n) is 7.88. The maximum atomic E-state index is 12.8. The van der Waals surface area contributed by atoms with Gasteiger partial charge in [-0.3, -0.25) is 14.2 Å². The smallest absolute Gasteiger partial charge is 0.264 e. The molecular formula is C20H23N5O4S. The second kappa shape index (κ2) is 7.35. The van der Waals surface area contributed by atoms with Gasteiger partial charge in [-0.1, -0.05) is 17.7 Å². The van der Waals surface area contributed by atoms with Gasteiger partial charge in [0.1, 0.15) is 18.3 Å². The Morgan fingerprint density at radius 2 is 1.93 bits per heavy atom. The molecule has 0 aliphatic carbocycles. The molecule has 0 spiro atoms. The van der Waals surface area contributed by atoms with E-state index in [1.54, 1.807) is 0 Å². The topological polar surface area (TPSA) is 116 Å². The number of carbonyl (C=O) groups is 1. The van der Waals surface area contributed by atoms with Crippen LogP contribution in [0.25, 0.3) is 11.0 Å². The summed E-state index contributed by atoms with van der Waals surface area (Å²) in [5.74, 6) is -0.233. The lowest BCUT2D eigenvalue weighted by Crippen LogP contribution is -2.28. The Labute approximate surface area is 173 Å². The molecule has 3 heterocycles. The average molecular weight is 430 g/mol. The van der Waals surface area contributed by atoms with Crippen molar-refractivity contribution in [1.82, 2.24) is 19.3 Å². The van der Waals surface area contributed by atoms with Crippen LogP contribution in [0.3, 0.4) is 0 Å². The number of anilines is 1. The quantitative estimate of drug-likeness (QED) is 0.672. The van der Waals surface area contributed by atoms with E-state index in [0.717, 1.165) is 22.4 Å². The summed E-state index contributed by atoms with van der Waals surface area (Å²) in [5, 5.41) is 7.33. The molecular weight excluding hydrogens is 406 g/mol. The summed E-state index contributed by atoms with van der Waals surface area (Å²) in [7, 11) is -3.09. The standard InChI is InChI=1S/C20H23N5O4S/c1-12-6-13(2)18(14(3)7-12)23-17(26)9-24-11-21-19-16(20(24)27)8-22-25(19)15-4-5-30(28,29)10-15/h6-8,11,15H,4-5,9-10H2,1-3H3,(H,23,26). The molecule has 1 fully saturated rings. The summed E-state index contributed by atoms with van der Waals surface area (Å²) >= 11 is 0. The second-order valence-corrected chi connectivity index (χ2v) is 10.1. The minimum absolute atomic E-state index is 0.00774. The Balaban J connectivity index is 1.58. The highest BCUT2D eigenvalue weighted by Crippen LogP contribution is 2.25. The Hall–Kier alpha value is -3.01. The van der Waals surface area contributed by atoms with E-state index in [1.807, 2.05) is 32.9 Å². The van der Waals surface area contributed by atoms with Crippen LogP contribution in [0.4, 0.5) is 5.69 Å². The van der Waals surface area contributed by atoms with Crippen molar-refractivity contribution in [3.63, 3.8) is 0 Å². The third kappa shape index (κ3) is 3.74. The minimum atomic E-state index is -3.09. The number of amides is 1. The van der Waals surface area contributed by atoms with Gasteiger partial charge in [0.15, 0.2) is 15.5 Å². The molecule has 1 aromatic carbocycles. The number of carbonyl (C=O) groups excluding carboxylic acids is 1. The molecule has 1 aliphatic heterocycles. The monoisotopic (exact) mass is 429 g/mol. The predicted molar refractivity (Wildman–Crippen MR) is 113 cm³/mol. The van der Waals surface area contributed by atoms with Crippen LogP contribution in [-0.4, -0.2) is 45.2 Å². The van der Waals surface area contributed by atoms with Crippen molar-refractivity contribution in [2.45, 2.75) is 39.8 Å². The van der Waals surface area contributed by atoms with Gasteiger partial charge in [0, 0.05) is 5.69 Å². The summed E-state index contributed by atoms with van der Waals surface area (Å²) in [6, 6.07) is 3.64. The van der Waals surface area contributed by atoms with Gasteiger partial charge in [0.05, 0.1) is 23.7 Å². The van der Waals surface area contributed by atoms with E-state index in [2.05, 4.69) is 15.4 Å². The molecule has 10 heteroatoms. The van der Waals surface area contributed by atoms with E-state index in [1.165, 1.54) is 21.8 Å². The summed E-state index contributed by atoms with van der Waals surface area (Å²) in [4.78, 5) is 29.7. The summed E-state index contributed by atoms with van der Waals surface area (Å²) < 4.78 is 26.3. The fraction of sp³-hybridized carbons (Fsp3) is 0.400. The zero-order chi connectivity index (χ0) is 21.6. The van der Waals surface area contributed by atoms with Gasteiger partial charge in [0.2, 0.25) is 5.91 Å². The highest BCUT2D eigenvalue weighted by molar-refractivity contribution is 7.91. The molecule has 30 heavy (non-hydrogen) atoms. The van der Waals surface area contributed by atoms with E-state index in [4.69, 9.17) is 0 Å². The first-order valence-corrected chi connectivity index (χ1v) is 11.5. The highest BCUT2D eigenvalue weighted by atomic mass is 32.2. The molecule has 3 aromatic rings. The van der Waals surface area contributed by atoms with Gasteiger partial charge in [0.25, 0.3) is 5.56 Å². The fourth-order valence-electron chi connectivity index (χ4n) is 4.03. The molecule has 0 saturated carbocycles. The van der Waals surface area contributed by atoms with E-state index in [0.29, 0.717) is 12.1 Å². The number of hydrogen-bond donors (Lipinski definition) is 1. The van der Waals surface area contributed by atoms with Crippen molar-refractivity contribution >= 4 is 32.5 Å². The Morgan fingerprint density at radius 3 is 2.57 bits per heavy atom. The number of rotatable bonds is 4. The number of nitrogens with one attached hydrogen (secondary N) is 1. The molecule has 1 unspecified atom stereocenters. The zero-order valence-corrected chi connectivity index (χ0v) is 17.9. The first kappa shape index (κ1) is 20.3. The van der Waals surface area contributed by atoms with Gasteiger partial charge in [-0.2, -0.15) is 5.10 Å². The van der Waals surface area contributed by atoms with Gasteiger partial charge >= 0.3 is 0 Å². The van der Waals surface area contributed by atoms with E-state index < -0.39 is 9.84 Å². The summed E-state index contributed by atoms with van der Waals surface area (Å²) in [5.41, 5.74) is 3.71. The Morgan fingerprint density at radius 1 is 1.23 bits per heavy atom. The van der Waals surface area contributed by atoms with Crippen molar-refractivity contribution in [2.24, 2.45) is 0 Å². The van der Waals surface area contributed by atoms with Crippen molar-refractivity contribution in [1.29, 1.82) is 0 Å². The molecule has 2 aromatic heterocycles. The molecule has 158 valence electrons. The van der Waals surface area contributed by atoms with E-state index in [9.17, 15) is 18.0 Å². The maximum absolute atomic E-state index is 12.8. The molecule has 4 rings (SSSR count). The molecule has 1 atom stereocenters. The lowest BCUT2D eigenvalue weighted by atomic mass is 10.1. The van der Waals surface area contributed by atoms with Crippen LogP contribution in [0.15, 0.2) is 29.5 Å². The van der Waals surface area contributed by atoms with Crippen molar-refractivity contribution in [3.8, 4) is 0 Å². The van der Waals surface area contributed by atoms with Gasteiger partial charge in [-0.05, 0) is 38.3 Å². The highest BCUT2D eigenvalue weighted by Gasteiger charge is 2.31. The maximum Gasteiger partial charge on any atom is 0.264 e. The van der Waals surface area contributed by atoms with Crippen LogP contribution in [0.2, 0.25) is 0 Å². The normalized spacial score (nSPS) is 18.0. The summed E-state index contributed by atoms with van der Waals surface area (Å²) in [6.45, 7) is 5.66. The van der Waals surface area contributed by atoms with Crippen molar-refractivity contribution in [2.75, 3.05) is 16.8 Å². The predicted octanol–water partition coefficient (Wildman–Crippen LogP) is 1.52. The van der Waals surface area contributed by atoms with Gasteiger partial charge < -0.3 is 5.32 Å². The Bertz CT molecular complexity index is 1300. The van der Waals surface area contributed by atoms with Gasteiger partial charge in [-0.15, -0.1) is 0 Å². The molecule has 1 aliphatic rings. The SMILES string of the molecule is Cc1cc(C)c(NC(=O)Cn2cnc3c(cnn3C3CCS(=O)(=O)C3)c2=O)c(C)c1. The van der Waals surface area contributed by atoms with Crippen LogP contribution < -0.4 is 10.9 Å². The molecule has 9 nitrogen and oxygen atoms in total. The number of aryl methyl sites for hydroxylation is 3. The summed E-state index contributed by atoms with van der Waals surface area (Å²) in [6.07, 6.45) is 3.14. The largest absolute Gasteiger partial charge is 0.324 e. The first-order valence-electron chi connectivity index (χ1n) is 9.65. The first-order chi connectivity index (χ1) is 14.1. The molecule has 0 radical (unpaired) electrons. The molecule has 0 bridgehead atoms. The zero-order valence-electron chi connectivity index (χ0n) is 17.0. The van der Waals surface area contributed by atoms with Crippen molar-refractivity contribution in [3.05, 3.63) is 51.7 Å². The fourth-order valence-corrected chi connectivity index (χ4v) is 5.72.